The Balaban J connectivity index is 1.80. The number of halogens is 2. The number of amides is 2. The van der Waals surface area contributed by atoms with Crippen molar-refractivity contribution in [2.75, 3.05) is 10.6 Å². The zero-order valence-electron chi connectivity index (χ0n) is 15.2. The van der Waals surface area contributed by atoms with Crippen LogP contribution in [-0.2, 0) is 0 Å². The highest BCUT2D eigenvalue weighted by atomic mass is 19.1. The molecule has 2 N–H and O–H groups in total. The first-order chi connectivity index (χ1) is 13.3. The summed E-state index contributed by atoms with van der Waals surface area (Å²) in [6.45, 7) is 3.77. The predicted molar refractivity (Wildman–Crippen MR) is 102 cm³/mol. The fourth-order valence-corrected chi connectivity index (χ4v) is 2.56. The third-order valence-corrected chi connectivity index (χ3v) is 4.10. The van der Waals surface area contributed by atoms with E-state index in [4.69, 9.17) is 0 Å². The molecule has 1 heterocycles. The lowest BCUT2D eigenvalue weighted by atomic mass is 10.1. The van der Waals surface area contributed by atoms with E-state index in [9.17, 15) is 18.4 Å². The summed E-state index contributed by atoms with van der Waals surface area (Å²) in [5.74, 6) is -3.07. The van der Waals surface area contributed by atoms with Crippen LogP contribution in [0.25, 0.3) is 0 Å². The number of hydrogen-bond acceptors (Lipinski definition) is 3. The summed E-state index contributed by atoms with van der Waals surface area (Å²) in [5.41, 5.74) is 2.01. The van der Waals surface area contributed by atoms with Gasteiger partial charge in [0, 0.05) is 17.4 Å². The van der Waals surface area contributed by atoms with Crippen molar-refractivity contribution >= 4 is 23.2 Å². The molecular weight excluding hydrogens is 364 g/mol. The third kappa shape index (κ3) is 4.20. The standard InChI is InChI=1S/C21H17F2N3O2/c1-12-6-7-13(2)17(10-12)25-20(27)14-8-9-24-18(11-14)21(28)26-19-15(22)4-3-5-16(19)23/h3-11H,1-2H3,(H,25,27)(H,26,28). The maximum Gasteiger partial charge on any atom is 0.274 e. The maximum absolute atomic E-state index is 13.7. The van der Waals surface area contributed by atoms with E-state index in [1.54, 1.807) is 0 Å². The van der Waals surface area contributed by atoms with Gasteiger partial charge in [-0.3, -0.25) is 14.6 Å². The first-order valence-corrected chi connectivity index (χ1v) is 8.45. The summed E-state index contributed by atoms with van der Waals surface area (Å²) in [7, 11) is 0. The molecule has 0 aliphatic rings. The van der Waals surface area contributed by atoms with Crippen molar-refractivity contribution < 1.29 is 18.4 Å². The molecule has 5 nitrogen and oxygen atoms in total. The Kier molecular flexibility index (Phi) is 5.44. The molecule has 3 aromatic rings. The number of para-hydroxylation sites is 1. The smallest absolute Gasteiger partial charge is 0.274 e. The Hall–Kier alpha value is -3.61. The second kappa shape index (κ2) is 7.96. The van der Waals surface area contributed by atoms with Crippen LogP contribution in [0.1, 0.15) is 32.0 Å². The van der Waals surface area contributed by atoms with Gasteiger partial charge in [-0.25, -0.2) is 8.78 Å². The van der Waals surface area contributed by atoms with E-state index in [0.717, 1.165) is 23.3 Å². The summed E-state index contributed by atoms with van der Waals surface area (Å²) < 4.78 is 27.4. The van der Waals surface area contributed by atoms with Crippen LogP contribution in [0.5, 0.6) is 0 Å². The molecule has 0 aliphatic carbocycles. The number of anilines is 2. The van der Waals surface area contributed by atoms with Gasteiger partial charge >= 0.3 is 0 Å². The van der Waals surface area contributed by atoms with Gasteiger partial charge in [0.2, 0.25) is 0 Å². The topological polar surface area (TPSA) is 71.1 Å². The van der Waals surface area contributed by atoms with Crippen molar-refractivity contribution in [2.45, 2.75) is 13.8 Å². The largest absolute Gasteiger partial charge is 0.322 e. The van der Waals surface area contributed by atoms with Crippen LogP contribution in [0.2, 0.25) is 0 Å². The molecule has 0 unspecified atom stereocenters. The second-order valence-electron chi connectivity index (χ2n) is 6.25. The van der Waals surface area contributed by atoms with Gasteiger partial charge in [-0.05, 0) is 55.3 Å². The zero-order chi connectivity index (χ0) is 20.3. The first-order valence-electron chi connectivity index (χ1n) is 8.45. The summed E-state index contributed by atoms with van der Waals surface area (Å²) in [5, 5.41) is 4.93. The van der Waals surface area contributed by atoms with Crippen molar-refractivity contribution in [3.05, 3.63) is 88.7 Å². The molecule has 0 spiro atoms. The molecule has 0 atom stereocenters. The molecule has 2 amide bonds. The fraction of sp³-hybridized carbons (Fsp3) is 0.0952. The van der Waals surface area contributed by atoms with E-state index in [1.165, 1.54) is 24.4 Å². The minimum atomic E-state index is -0.905. The minimum absolute atomic E-state index is 0.142. The summed E-state index contributed by atoms with van der Waals surface area (Å²) >= 11 is 0. The van der Waals surface area contributed by atoms with Crippen LogP contribution in [0, 0.1) is 25.5 Å². The van der Waals surface area contributed by atoms with Crippen LogP contribution in [-0.4, -0.2) is 16.8 Å². The van der Waals surface area contributed by atoms with E-state index in [-0.39, 0.29) is 11.3 Å². The maximum atomic E-state index is 13.7. The molecule has 0 radical (unpaired) electrons. The molecule has 0 saturated carbocycles. The van der Waals surface area contributed by atoms with E-state index < -0.39 is 29.1 Å². The zero-order valence-corrected chi connectivity index (χ0v) is 15.2. The van der Waals surface area contributed by atoms with Gasteiger partial charge < -0.3 is 10.6 Å². The van der Waals surface area contributed by atoms with E-state index in [2.05, 4.69) is 15.6 Å². The molecule has 7 heteroatoms. The number of carbonyl (C=O) groups excluding carboxylic acids is 2. The average molecular weight is 381 g/mol. The minimum Gasteiger partial charge on any atom is -0.322 e. The Labute approximate surface area is 160 Å². The van der Waals surface area contributed by atoms with Gasteiger partial charge in [-0.15, -0.1) is 0 Å². The lowest BCUT2D eigenvalue weighted by molar-refractivity contribution is 0.102. The number of carbonyl (C=O) groups is 2. The van der Waals surface area contributed by atoms with E-state index >= 15 is 0 Å². The highest BCUT2D eigenvalue weighted by Crippen LogP contribution is 2.20. The molecule has 0 aliphatic heterocycles. The third-order valence-electron chi connectivity index (χ3n) is 4.10. The normalized spacial score (nSPS) is 10.4. The van der Waals surface area contributed by atoms with Crippen molar-refractivity contribution in [3.8, 4) is 0 Å². The number of aromatic nitrogens is 1. The lowest BCUT2D eigenvalue weighted by Crippen LogP contribution is -2.18. The van der Waals surface area contributed by atoms with E-state index in [0.29, 0.717) is 5.69 Å². The predicted octanol–water partition coefficient (Wildman–Crippen LogP) is 4.48. The molecule has 2 aromatic carbocycles. The molecular formula is C21H17F2N3O2. The summed E-state index contributed by atoms with van der Waals surface area (Å²) in [6, 6.07) is 11.6. The average Bonchev–Trinajstić information content (AvgIpc) is 2.67. The molecule has 3 rings (SSSR count). The summed E-state index contributed by atoms with van der Waals surface area (Å²) in [4.78, 5) is 28.7. The van der Waals surface area contributed by atoms with Crippen LogP contribution >= 0.6 is 0 Å². The van der Waals surface area contributed by atoms with E-state index in [1.807, 2.05) is 32.0 Å². The highest BCUT2D eigenvalue weighted by molar-refractivity contribution is 6.08. The Morgan fingerprint density at radius 2 is 1.61 bits per heavy atom. The Bertz CT molecular complexity index is 1050. The van der Waals surface area contributed by atoms with Gasteiger partial charge in [0.15, 0.2) is 0 Å². The van der Waals surface area contributed by atoms with Gasteiger partial charge in [-0.1, -0.05) is 18.2 Å². The van der Waals surface area contributed by atoms with Crippen molar-refractivity contribution in [1.29, 1.82) is 0 Å². The number of nitrogens with zero attached hydrogens (tertiary/aromatic N) is 1. The number of hydrogen-bond donors (Lipinski definition) is 2. The van der Waals surface area contributed by atoms with Crippen LogP contribution in [0.4, 0.5) is 20.2 Å². The van der Waals surface area contributed by atoms with Gasteiger partial charge in [0.1, 0.15) is 23.0 Å². The molecule has 142 valence electrons. The monoisotopic (exact) mass is 381 g/mol. The molecule has 28 heavy (non-hydrogen) atoms. The number of benzene rings is 2. The fourth-order valence-electron chi connectivity index (χ4n) is 2.56. The van der Waals surface area contributed by atoms with Crippen LogP contribution in [0.3, 0.4) is 0 Å². The number of nitrogens with one attached hydrogen (secondary N) is 2. The van der Waals surface area contributed by atoms with Crippen LogP contribution < -0.4 is 10.6 Å². The highest BCUT2D eigenvalue weighted by Gasteiger charge is 2.16. The number of pyridine rings is 1. The van der Waals surface area contributed by atoms with Crippen molar-refractivity contribution in [1.82, 2.24) is 4.98 Å². The molecule has 0 bridgehead atoms. The molecule has 0 fully saturated rings. The quantitative estimate of drug-likeness (QED) is 0.700. The van der Waals surface area contributed by atoms with Crippen molar-refractivity contribution in [3.63, 3.8) is 0 Å². The van der Waals surface area contributed by atoms with Gasteiger partial charge in [-0.2, -0.15) is 0 Å². The molecule has 1 aromatic heterocycles. The second-order valence-corrected chi connectivity index (χ2v) is 6.25. The Morgan fingerprint density at radius 1 is 0.893 bits per heavy atom. The van der Waals surface area contributed by atoms with Gasteiger partial charge in [0.05, 0.1) is 0 Å². The SMILES string of the molecule is Cc1ccc(C)c(NC(=O)c2ccnc(C(=O)Nc3c(F)cccc3F)c2)c1. The van der Waals surface area contributed by atoms with Gasteiger partial charge in [0.25, 0.3) is 11.8 Å². The molecule has 0 saturated heterocycles. The van der Waals surface area contributed by atoms with Crippen LogP contribution in [0.15, 0.2) is 54.7 Å². The first kappa shape index (κ1) is 19.2. The summed E-state index contributed by atoms with van der Waals surface area (Å²) in [6.07, 6.45) is 1.28. The number of aryl methyl sites for hydroxylation is 2. The number of rotatable bonds is 4. The van der Waals surface area contributed by atoms with Crippen molar-refractivity contribution in [2.24, 2.45) is 0 Å². The Morgan fingerprint density at radius 3 is 2.32 bits per heavy atom. The lowest BCUT2D eigenvalue weighted by Gasteiger charge is -2.10.